The summed E-state index contributed by atoms with van der Waals surface area (Å²) in [5.74, 6) is -0.184. The Kier molecular flexibility index (Phi) is 5.44. The lowest BCUT2D eigenvalue weighted by Crippen LogP contribution is -2.49. The minimum absolute atomic E-state index is 0.0277. The highest BCUT2D eigenvalue weighted by atomic mass is 35.5. The molecule has 1 heterocycles. The molecule has 1 N–H and O–H groups in total. The molecule has 0 bridgehead atoms. The zero-order chi connectivity index (χ0) is 16.3. The lowest BCUT2D eigenvalue weighted by molar-refractivity contribution is 0.0923. The van der Waals surface area contributed by atoms with Crippen LogP contribution in [0, 0.1) is 0 Å². The number of nitrogens with one attached hydrogen (secondary N) is 1. The van der Waals surface area contributed by atoms with Gasteiger partial charge >= 0.3 is 0 Å². The number of piperidine rings is 1. The molecule has 1 fully saturated rings. The second-order valence-electron chi connectivity index (χ2n) is 5.45. The summed E-state index contributed by atoms with van der Waals surface area (Å²) in [6.45, 7) is 0.808. The van der Waals surface area contributed by atoms with Gasteiger partial charge < -0.3 is 5.32 Å². The first kappa shape index (κ1) is 17.2. The van der Waals surface area contributed by atoms with Crippen LogP contribution < -0.4 is 5.32 Å². The SMILES string of the molecule is CN(C)S(=O)(=O)N1CCC(NC(=O)c2cccc(Cl)c2)CC1. The van der Waals surface area contributed by atoms with Crippen LogP contribution in [0.2, 0.25) is 5.02 Å². The smallest absolute Gasteiger partial charge is 0.281 e. The Morgan fingerprint density at radius 3 is 2.50 bits per heavy atom. The van der Waals surface area contributed by atoms with Crippen LogP contribution in [0.5, 0.6) is 0 Å². The highest BCUT2D eigenvalue weighted by Gasteiger charge is 2.30. The van der Waals surface area contributed by atoms with E-state index in [4.69, 9.17) is 11.6 Å². The van der Waals surface area contributed by atoms with Gasteiger partial charge in [0.05, 0.1) is 0 Å². The third-order valence-corrected chi connectivity index (χ3v) is 5.84. The minimum atomic E-state index is -3.37. The van der Waals surface area contributed by atoms with Gasteiger partial charge in [-0.1, -0.05) is 17.7 Å². The van der Waals surface area contributed by atoms with Gasteiger partial charge in [-0.15, -0.1) is 0 Å². The molecular weight excluding hydrogens is 326 g/mol. The van der Waals surface area contributed by atoms with E-state index in [9.17, 15) is 13.2 Å². The molecule has 0 radical (unpaired) electrons. The second-order valence-corrected chi connectivity index (χ2v) is 8.03. The third kappa shape index (κ3) is 3.98. The molecule has 1 aromatic rings. The van der Waals surface area contributed by atoms with Gasteiger partial charge in [0, 0.05) is 43.8 Å². The van der Waals surface area contributed by atoms with Gasteiger partial charge in [0.15, 0.2) is 0 Å². The lowest BCUT2D eigenvalue weighted by Gasteiger charge is -2.33. The van der Waals surface area contributed by atoms with Gasteiger partial charge in [-0.3, -0.25) is 4.79 Å². The van der Waals surface area contributed by atoms with Gasteiger partial charge in [0.1, 0.15) is 0 Å². The van der Waals surface area contributed by atoms with Crippen molar-refractivity contribution < 1.29 is 13.2 Å². The second kappa shape index (κ2) is 6.95. The van der Waals surface area contributed by atoms with Gasteiger partial charge in [-0.2, -0.15) is 17.0 Å². The normalized spacial score (nSPS) is 17.6. The van der Waals surface area contributed by atoms with Crippen LogP contribution in [-0.2, 0) is 10.2 Å². The number of hydrogen-bond acceptors (Lipinski definition) is 3. The average molecular weight is 346 g/mol. The molecule has 122 valence electrons. The predicted octanol–water partition coefficient (Wildman–Crippen LogP) is 1.34. The van der Waals surface area contributed by atoms with E-state index in [1.54, 1.807) is 24.3 Å². The van der Waals surface area contributed by atoms with Crippen LogP contribution in [0.4, 0.5) is 0 Å². The van der Waals surface area contributed by atoms with Crippen molar-refractivity contribution in [3.63, 3.8) is 0 Å². The Labute approximate surface area is 136 Å². The molecule has 0 aromatic heterocycles. The standard InChI is InChI=1S/C14H20ClN3O3S/c1-17(2)22(20,21)18-8-6-13(7-9-18)16-14(19)11-4-3-5-12(15)10-11/h3-5,10,13H,6-9H2,1-2H3,(H,16,19). The Morgan fingerprint density at radius 1 is 1.32 bits per heavy atom. The fourth-order valence-electron chi connectivity index (χ4n) is 2.36. The maximum absolute atomic E-state index is 12.1. The molecule has 1 amide bonds. The van der Waals surface area contributed by atoms with Crippen LogP contribution in [0.15, 0.2) is 24.3 Å². The molecular formula is C14H20ClN3O3S. The van der Waals surface area contributed by atoms with Crippen LogP contribution >= 0.6 is 11.6 Å². The largest absolute Gasteiger partial charge is 0.349 e. The van der Waals surface area contributed by atoms with E-state index >= 15 is 0 Å². The first-order valence-corrected chi connectivity index (χ1v) is 8.82. The first-order valence-electron chi connectivity index (χ1n) is 7.05. The summed E-state index contributed by atoms with van der Waals surface area (Å²) in [4.78, 5) is 12.1. The molecule has 1 saturated heterocycles. The average Bonchev–Trinajstić information content (AvgIpc) is 2.47. The monoisotopic (exact) mass is 345 g/mol. The lowest BCUT2D eigenvalue weighted by atomic mass is 10.1. The van der Waals surface area contributed by atoms with E-state index in [1.165, 1.54) is 22.7 Å². The zero-order valence-electron chi connectivity index (χ0n) is 12.6. The number of benzene rings is 1. The van der Waals surface area contributed by atoms with Crippen molar-refractivity contribution in [3.8, 4) is 0 Å². The van der Waals surface area contributed by atoms with Crippen molar-refractivity contribution in [2.75, 3.05) is 27.2 Å². The van der Waals surface area contributed by atoms with Crippen LogP contribution in [0.1, 0.15) is 23.2 Å². The van der Waals surface area contributed by atoms with Gasteiger partial charge in [0.25, 0.3) is 16.1 Å². The molecule has 0 spiro atoms. The highest BCUT2D eigenvalue weighted by Crippen LogP contribution is 2.16. The van der Waals surface area contributed by atoms with E-state index in [0.29, 0.717) is 36.5 Å². The maximum Gasteiger partial charge on any atom is 0.281 e. The van der Waals surface area contributed by atoms with E-state index < -0.39 is 10.2 Å². The predicted molar refractivity (Wildman–Crippen MR) is 86.1 cm³/mol. The molecule has 8 heteroatoms. The molecule has 0 saturated carbocycles. The summed E-state index contributed by atoms with van der Waals surface area (Å²) < 4.78 is 26.7. The molecule has 1 aliphatic heterocycles. The Bertz CT molecular complexity index is 640. The highest BCUT2D eigenvalue weighted by molar-refractivity contribution is 7.86. The molecule has 1 aliphatic rings. The van der Waals surface area contributed by atoms with Gasteiger partial charge in [-0.05, 0) is 31.0 Å². The molecule has 0 aliphatic carbocycles. The molecule has 6 nitrogen and oxygen atoms in total. The van der Waals surface area contributed by atoms with E-state index in [-0.39, 0.29) is 11.9 Å². The van der Waals surface area contributed by atoms with Crippen molar-refractivity contribution in [2.24, 2.45) is 0 Å². The number of carbonyl (C=O) groups is 1. The van der Waals surface area contributed by atoms with Crippen molar-refractivity contribution in [1.82, 2.24) is 13.9 Å². The number of amides is 1. The summed E-state index contributed by atoms with van der Waals surface area (Å²) in [5, 5.41) is 3.44. The van der Waals surface area contributed by atoms with Gasteiger partial charge in [-0.25, -0.2) is 0 Å². The van der Waals surface area contributed by atoms with Crippen LogP contribution in [0.3, 0.4) is 0 Å². The van der Waals surface area contributed by atoms with E-state index in [1.807, 2.05) is 0 Å². The Balaban J connectivity index is 1.92. The summed E-state index contributed by atoms with van der Waals surface area (Å²) in [5.41, 5.74) is 0.510. The molecule has 2 rings (SSSR count). The number of rotatable bonds is 4. The maximum atomic E-state index is 12.1. The Hall–Kier alpha value is -1.15. The van der Waals surface area contributed by atoms with Crippen molar-refractivity contribution in [2.45, 2.75) is 18.9 Å². The number of carbonyl (C=O) groups excluding carboxylic acids is 1. The van der Waals surface area contributed by atoms with Crippen molar-refractivity contribution >= 4 is 27.7 Å². The van der Waals surface area contributed by atoms with Gasteiger partial charge in [0.2, 0.25) is 0 Å². The molecule has 22 heavy (non-hydrogen) atoms. The fraction of sp³-hybridized carbons (Fsp3) is 0.500. The zero-order valence-corrected chi connectivity index (χ0v) is 14.2. The fourth-order valence-corrected chi connectivity index (χ4v) is 3.68. The van der Waals surface area contributed by atoms with E-state index in [0.717, 1.165) is 0 Å². The summed E-state index contributed by atoms with van der Waals surface area (Å²) >= 11 is 5.87. The van der Waals surface area contributed by atoms with Crippen LogP contribution in [-0.4, -0.2) is 56.2 Å². The molecule has 0 unspecified atom stereocenters. The summed E-state index contributed by atoms with van der Waals surface area (Å²) in [6, 6.07) is 6.72. The number of nitrogens with zero attached hydrogens (tertiary/aromatic N) is 2. The third-order valence-electron chi connectivity index (χ3n) is 3.66. The topological polar surface area (TPSA) is 69.7 Å². The van der Waals surface area contributed by atoms with E-state index in [2.05, 4.69) is 5.32 Å². The number of hydrogen-bond donors (Lipinski definition) is 1. The molecule has 1 aromatic carbocycles. The Morgan fingerprint density at radius 2 is 1.95 bits per heavy atom. The first-order chi connectivity index (χ1) is 10.3. The van der Waals surface area contributed by atoms with Crippen molar-refractivity contribution in [1.29, 1.82) is 0 Å². The van der Waals surface area contributed by atoms with Crippen molar-refractivity contribution in [3.05, 3.63) is 34.9 Å². The summed E-state index contributed by atoms with van der Waals surface area (Å²) in [6.07, 6.45) is 1.19. The summed E-state index contributed by atoms with van der Waals surface area (Å²) in [7, 11) is -0.341. The minimum Gasteiger partial charge on any atom is -0.349 e. The number of halogens is 1. The molecule has 0 atom stereocenters. The quantitative estimate of drug-likeness (QED) is 0.895. The van der Waals surface area contributed by atoms with Crippen LogP contribution in [0.25, 0.3) is 0 Å².